The zero-order valence-electron chi connectivity index (χ0n) is 16.6. The molecule has 0 spiro atoms. The van der Waals surface area contributed by atoms with Crippen molar-refractivity contribution in [3.05, 3.63) is 71.6 Å². The van der Waals surface area contributed by atoms with Gasteiger partial charge in [-0.05, 0) is 23.1 Å². The first-order chi connectivity index (χ1) is 13.8. The van der Waals surface area contributed by atoms with E-state index in [0.717, 1.165) is 11.1 Å². The van der Waals surface area contributed by atoms with Gasteiger partial charge >= 0.3 is 5.97 Å². The summed E-state index contributed by atoms with van der Waals surface area (Å²) < 4.78 is 10.2. The topological polar surface area (TPSA) is 94.3 Å². The number of carbonyl (C=O) groups excluding carboxylic acids is 2. The number of aromatic nitrogens is 2. The van der Waals surface area contributed by atoms with E-state index in [4.69, 9.17) is 9.26 Å². The van der Waals surface area contributed by atoms with Gasteiger partial charge in [-0.25, -0.2) is 0 Å². The Labute approximate surface area is 169 Å². The van der Waals surface area contributed by atoms with Gasteiger partial charge in [0.1, 0.15) is 6.54 Å². The summed E-state index contributed by atoms with van der Waals surface area (Å²) in [5, 5.41) is 6.40. The molecule has 3 aromatic rings. The summed E-state index contributed by atoms with van der Waals surface area (Å²) in [4.78, 5) is 28.3. The lowest BCUT2D eigenvalue weighted by Crippen LogP contribution is -2.30. The highest BCUT2D eigenvalue weighted by Crippen LogP contribution is 2.22. The summed E-state index contributed by atoms with van der Waals surface area (Å²) in [5.41, 5.74) is 2.42. The van der Waals surface area contributed by atoms with Crippen molar-refractivity contribution < 1.29 is 18.8 Å². The molecule has 1 heterocycles. The first-order valence-corrected chi connectivity index (χ1v) is 9.25. The van der Waals surface area contributed by atoms with Crippen molar-refractivity contribution in [2.45, 2.75) is 32.8 Å². The lowest BCUT2D eigenvalue weighted by molar-refractivity contribution is -0.144. The first kappa shape index (κ1) is 20.3. The van der Waals surface area contributed by atoms with Crippen LogP contribution in [0.15, 0.2) is 59.1 Å². The lowest BCUT2D eigenvalue weighted by Gasteiger charge is -2.19. The average Bonchev–Trinajstić information content (AvgIpc) is 3.20. The molecule has 0 aliphatic carbocycles. The number of amides is 1. The second-order valence-electron chi connectivity index (χ2n) is 7.55. The Morgan fingerprint density at radius 2 is 1.72 bits per heavy atom. The summed E-state index contributed by atoms with van der Waals surface area (Å²) in [6.45, 7) is 5.90. The Kier molecular flexibility index (Phi) is 6.07. The van der Waals surface area contributed by atoms with Crippen molar-refractivity contribution in [3.63, 3.8) is 0 Å². The van der Waals surface area contributed by atoms with E-state index >= 15 is 0 Å². The van der Waals surface area contributed by atoms with Crippen LogP contribution in [0.3, 0.4) is 0 Å². The van der Waals surface area contributed by atoms with Crippen LogP contribution < -0.4 is 5.32 Å². The molecule has 0 atom stereocenters. The van der Waals surface area contributed by atoms with Crippen molar-refractivity contribution in [2.24, 2.45) is 0 Å². The van der Waals surface area contributed by atoms with Crippen LogP contribution in [-0.2, 0) is 21.6 Å². The molecule has 1 N–H and O–H groups in total. The third-order valence-electron chi connectivity index (χ3n) is 4.26. The van der Waals surface area contributed by atoms with Gasteiger partial charge in [-0.15, -0.1) is 0 Å². The number of nitrogens with zero attached hydrogens (tertiary/aromatic N) is 2. The summed E-state index contributed by atoms with van der Waals surface area (Å²) >= 11 is 0. The molecule has 0 saturated carbocycles. The quantitative estimate of drug-likeness (QED) is 0.644. The standard InChI is InChI=1S/C22H23N3O4/c1-22(2,3)17-11-9-16(10-12-17)21(27)23-13-19(26)28-14-18-24-20(25-29-18)15-7-5-4-6-8-15/h4-12H,13-14H2,1-3H3,(H,23,27). The maximum absolute atomic E-state index is 12.2. The maximum Gasteiger partial charge on any atom is 0.325 e. The molecule has 7 heteroatoms. The van der Waals surface area contributed by atoms with Crippen molar-refractivity contribution in [1.29, 1.82) is 0 Å². The highest BCUT2D eigenvalue weighted by Gasteiger charge is 2.15. The largest absolute Gasteiger partial charge is 0.454 e. The van der Waals surface area contributed by atoms with E-state index in [-0.39, 0.29) is 30.4 Å². The number of esters is 1. The van der Waals surface area contributed by atoms with Crippen LogP contribution in [0.4, 0.5) is 0 Å². The fourth-order valence-electron chi connectivity index (χ4n) is 2.59. The fraction of sp³-hybridized carbons (Fsp3) is 0.273. The summed E-state index contributed by atoms with van der Waals surface area (Å²) in [6.07, 6.45) is 0. The monoisotopic (exact) mass is 393 g/mol. The molecule has 3 rings (SSSR count). The summed E-state index contributed by atoms with van der Waals surface area (Å²) in [6, 6.07) is 16.6. The molecular formula is C22H23N3O4. The van der Waals surface area contributed by atoms with Crippen LogP contribution in [0.25, 0.3) is 11.4 Å². The van der Waals surface area contributed by atoms with E-state index in [0.29, 0.717) is 11.4 Å². The minimum Gasteiger partial charge on any atom is -0.454 e. The minimum atomic E-state index is -0.593. The van der Waals surface area contributed by atoms with Gasteiger partial charge in [0.05, 0.1) is 0 Å². The molecule has 150 valence electrons. The van der Waals surface area contributed by atoms with Crippen LogP contribution in [0, 0.1) is 0 Å². The maximum atomic E-state index is 12.2. The van der Waals surface area contributed by atoms with Crippen LogP contribution in [-0.4, -0.2) is 28.6 Å². The van der Waals surface area contributed by atoms with E-state index in [2.05, 4.69) is 36.2 Å². The number of carbonyl (C=O) groups is 2. The van der Waals surface area contributed by atoms with Gasteiger partial charge in [-0.3, -0.25) is 9.59 Å². The van der Waals surface area contributed by atoms with Crippen LogP contribution >= 0.6 is 0 Å². The molecule has 0 unspecified atom stereocenters. The normalized spacial score (nSPS) is 11.1. The highest BCUT2D eigenvalue weighted by molar-refractivity contribution is 5.95. The second kappa shape index (κ2) is 8.68. The fourth-order valence-corrected chi connectivity index (χ4v) is 2.59. The number of hydrogen-bond acceptors (Lipinski definition) is 6. The lowest BCUT2D eigenvalue weighted by atomic mass is 9.87. The molecule has 1 aromatic heterocycles. The van der Waals surface area contributed by atoms with E-state index in [1.165, 1.54) is 0 Å². The van der Waals surface area contributed by atoms with Crippen LogP contribution in [0.2, 0.25) is 0 Å². The van der Waals surface area contributed by atoms with E-state index in [1.807, 2.05) is 42.5 Å². The van der Waals surface area contributed by atoms with Crippen LogP contribution in [0.5, 0.6) is 0 Å². The molecule has 0 saturated heterocycles. The molecule has 0 aliphatic heterocycles. The molecule has 0 fully saturated rings. The van der Waals surface area contributed by atoms with Gasteiger partial charge in [0.25, 0.3) is 11.8 Å². The Morgan fingerprint density at radius 3 is 2.38 bits per heavy atom. The molecule has 0 bridgehead atoms. The van der Waals surface area contributed by atoms with Crippen molar-refractivity contribution >= 4 is 11.9 Å². The second-order valence-corrected chi connectivity index (χ2v) is 7.55. The van der Waals surface area contributed by atoms with Crippen molar-refractivity contribution in [2.75, 3.05) is 6.54 Å². The first-order valence-electron chi connectivity index (χ1n) is 9.25. The van der Waals surface area contributed by atoms with E-state index in [1.54, 1.807) is 12.1 Å². The van der Waals surface area contributed by atoms with E-state index < -0.39 is 5.97 Å². The van der Waals surface area contributed by atoms with Gasteiger partial charge in [0, 0.05) is 11.1 Å². The molecule has 1 amide bonds. The minimum absolute atomic E-state index is 0.00787. The zero-order valence-corrected chi connectivity index (χ0v) is 16.6. The Morgan fingerprint density at radius 1 is 1.03 bits per heavy atom. The predicted molar refractivity (Wildman–Crippen MR) is 107 cm³/mol. The molecular weight excluding hydrogens is 370 g/mol. The van der Waals surface area contributed by atoms with Gasteiger partial charge in [-0.2, -0.15) is 4.98 Å². The molecule has 7 nitrogen and oxygen atoms in total. The number of ether oxygens (including phenoxy) is 1. The summed E-state index contributed by atoms with van der Waals surface area (Å²) in [5.74, 6) is -0.333. The van der Waals surface area contributed by atoms with Crippen LogP contribution in [0.1, 0.15) is 42.6 Å². The summed E-state index contributed by atoms with van der Waals surface area (Å²) in [7, 11) is 0. The Hall–Kier alpha value is -3.48. The average molecular weight is 393 g/mol. The smallest absolute Gasteiger partial charge is 0.325 e. The molecule has 29 heavy (non-hydrogen) atoms. The Balaban J connectivity index is 1.46. The molecule has 2 aromatic carbocycles. The number of hydrogen-bond donors (Lipinski definition) is 1. The number of benzene rings is 2. The van der Waals surface area contributed by atoms with Gasteiger partial charge in [0.2, 0.25) is 5.82 Å². The predicted octanol–water partition coefficient (Wildman–Crippen LogP) is 3.51. The third kappa shape index (κ3) is 5.51. The Bertz CT molecular complexity index is 973. The SMILES string of the molecule is CC(C)(C)c1ccc(C(=O)NCC(=O)OCc2nc(-c3ccccc3)no2)cc1. The van der Waals surface area contributed by atoms with Gasteiger partial charge < -0.3 is 14.6 Å². The van der Waals surface area contributed by atoms with Crippen molar-refractivity contribution in [3.8, 4) is 11.4 Å². The number of rotatable bonds is 6. The molecule has 0 radical (unpaired) electrons. The van der Waals surface area contributed by atoms with Gasteiger partial charge in [-0.1, -0.05) is 68.4 Å². The zero-order chi connectivity index (χ0) is 20.9. The van der Waals surface area contributed by atoms with Gasteiger partial charge in [0.15, 0.2) is 6.61 Å². The van der Waals surface area contributed by atoms with E-state index in [9.17, 15) is 9.59 Å². The number of nitrogens with one attached hydrogen (secondary N) is 1. The highest BCUT2D eigenvalue weighted by atomic mass is 16.6. The third-order valence-corrected chi connectivity index (χ3v) is 4.26. The van der Waals surface area contributed by atoms with Crippen molar-refractivity contribution in [1.82, 2.24) is 15.5 Å². The molecule has 0 aliphatic rings.